The monoisotopic (exact) mass is 228 g/mol. The number of benzene rings is 1. The fourth-order valence-electron chi connectivity index (χ4n) is 1.14. The quantitative estimate of drug-likeness (QED) is 0.739. The molecule has 12 heavy (non-hydrogen) atoms. The van der Waals surface area contributed by atoms with Gasteiger partial charge in [-0.1, -0.05) is 6.07 Å². The summed E-state index contributed by atoms with van der Waals surface area (Å²) in [4.78, 5) is 0. The second kappa shape index (κ2) is 2.55. The number of nitrogens with zero attached hydrogens (tertiary/aromatic N) is 1. The Kier molecular flexibility index (Phi) is 1.65. The molecule has 4 heteroatoms. The van der Waals surface area contributed by atoms with Gasteiger partial charge in [0.05, 0.1) is 10.9 Å². The minimum absolute atomic E-state index is 0.388. The van der Waals surface area contributed by atoms with E-state index in [1.54, 1.807) is 6.07 Å². The van der Waals surface area contributed by atoms with Crippen LogP contribution in [0.4, 0.5) is 4.39 Å². The standard InChI is InChI=1S/C8H6BrFN2/c1-4-2-3-5-6(7(4)9)8(10)12-11-5/h2-3H,1H3,(H,11,12). The van der Waals surface area contributed by atoms with Crippen LogP contribution >= 0.6 is 15.9 Å². The summed E-state index contributed by atoms with van der Waals surface area (Å²) in [6.07, 6.45) is 0. The highest BCUT2D eigenvalue weighted by atomic mass is 79.9. The fraction of sp³-hybridized carbons (Fsp3) is 0.125. The van der Waals surface area contributed by atoms with Crippen LogP contribution in [0.15, 0.2) is 16.6 Å². The van der Waals surface area contributed by atoms with Gasteiger partial charge in [-0.25, -0.2) is 0 Å². The third kappa shape index (κ3) is 0.948. The van der Waals surface area contributed by atoms with Crippen LogP contribution in [0.3, 0.4) is 0 Å². The fourth-order valence-corrected chi connectivity index (χ4v) is 1.65. The molecule has 1 aromatic carbocycles. The lowest BCUT2D eigenvalue weighted by molar-refractivity contribution is 0.588. The molecule has 0 saturated carbocycles. The summed E-state index contributed by atoms with van der Waals surface area (Å²) in [5.74, 6) is -0.388. The highest BCUT2D eigenvalue weighted by molar-refractivity contribution is 9.10. The summed E-state index contributed by atoms with van der Waals surface area (Å²) in [6.45, 7) is 1.91. The van der Waals surface area contributed by atoms with Gasteiger partial charge in [0.2, 0.25) is 5.95 Å². The largest absolute Gasteiger partial charge is 0.252 e. The lowest BCUT2D eigenvalue weighted by atomic mass is 10.2. The van der Waals surface area contributed by atoms with Crippen LogP contribution in [0.5, 0.6) is 0 Å². The molecule has 0 aliphatic rings. The maximum atomic E-state index is 13.0. The first-order chi connectivity index (χ1) is 5.70. The second-order valence-corrected chi connectivity index (χ2v) is 3.42. The number of hydrogen-bond acceptors (Lipinski definition) is 1. The summed E-state index contributed by atoms with van der Waals surface area (Å²) in [7, 11) is 0. The number of halogens is 2. The number of aryl methyl sites for hydroxylation is 1. The zero-order valence-electron chi connectivity index (χ0n) is 6.36. The predicted molar refractivity (Wildman–Crippen MR) is 48.5 cm³/mol. The van der Waals surface area contributed by atoms with E-state index in [9.17, 15) is 4.39 Å². The van der Waals surface area contributed by atoms with Crippen molar-refractivity contribution < 1.29 is 4.39 Å². The Balaban J connectivity index is 2.96. The van der Waals surface area contributed by atoms with E-state index >= 15 is 0 Å². The zero-order valence-corrected chi connectivity index (χ0v) is 7.94. The van der Waals surface area contributed by atoms with Crippen LogP contribution in [-0.4, -0.2) is 10.2 Å². The van der Waals surface area contributed by atoms with Gasteiger partial charge in [0.25, 0.3) is 0 Å². The van der Waals surface area contributed by atoms with Crippen molar-refractivity contribution in [1.82, 2.24) is 10.2 Å². The summed E-state index contributed by atoms with van der Waals surface area (Å²) in [6, 6.07) is 3.68. The molecule has 2 aromatic rings. The van der Waals surface area contributed by atoms with Crippen LogP contribution < -0.4 is 0 Å². The van der Waals surface area contributed by atoms with Crippen molar-refractivity contribution in [3.63, 3.8) is 0 Å². The lowest BCUT2D eigenvalue weighted by Gasteiger charge is -1.96. The molecule has 0 unspecified atom stereocenters. The van der Waals surface area contributed by atoms with Gasteiger partial charge in [-0.2, -0.15) is 9.49 Å². The first kappa shape index (κ1) is 7.73. The average molecular weight is 229 g/mol. The normalized spacial score (nSPS) is 10.9. The summed E-state index contributed by atoms with van der Waals surface area (Å²) in [5, 5.41) is 6.61. The van der Waals surface area contributed by atoms with E-state index in [0.29, 0.717) is 10.9 Å². The summed E-state index contributed by atoms with van der Waals surface area (Å²) >= 11 is 3.31. The van der Waals surface area contributed by atoms with Gasteiger partial charge in [-0.05, 0) is 34.5 Å². The van der Waals surface area contributed by atoms with Gasteiger partial charge in [0.15, 0.2) is 0 Å². The molecule has 62 valence electrons. The molecule has 0 amide bonds. The molecule has 1 N–H and O–H groups in total. The van der Waals surface area contributed by atoms with Crippen molar-refractivity contribution in [3.05, 3.63) is 28.1 Å². The van der Waals surface area contributed by atoms with Gasteiger partial charge < -0.3 is 0 Å². The summed E-state index contributed by atoms with van der Waals surface area (Å²) in [5.41, 5.74) is 1.65. The van der Waals surface area contributed by atoms with E-state index in [4.69, 9.17) is 0 Å². The van der Waals surface area contributed by atoms with Crippen molar-refractivity contribution >= 4 is 26.8 Å². The molecule has 2 nitrogen and oxygen atoms in total. The molecule has 1 heterocycles. The third-order valence-electron chi connectivity index (χ3n) is 1.81. The van der Waals surface area contributed by atoms with Crippen LogP contribution in [-0.2, 0) is 0 Å². The molecule has 0 bridgehead atoms. The Morgan fingerprint density at radius 1 is 1.50 bits per heavy atom. The van der Waals surface area contributed by atoms with Crippen LogP contribution in [0.1, 0.15) is 5.56 Å². The molecule has 0 spiro atoms. The number of aromatic nitrogens is 2. The smallest absolute Gasteiger partial charge is 0.217 e. The minimum Gasteiger partial charge on any atom is -0.252 e. The van der Waals surface area contributed by atoms with Gasteiger partial charge in [0, 0.05) is 4.47 Å². The molecule has 0 aliphatic carbocycles. The topological polar surface area (TPSA) is 28.7 Å². The van der Waals surface area contributed by atoms with Crippen LogP contribution in [0, 0.1) is 12.9 Å². The van der Waals surface area contributed by atoms with E-state index in [0.717, 1.165) is 10.0 Å². The number of nitrogens with one attached hydrogen (secondary N) is 1. The lowest BCUT2D eigenvalue weighted by Crippen LogP contribution is -1.78. The van der Waals surface area contributed by atoms with Crippen molar-refractivity contribution in [1.29, 1.82) is 0 Å². The third-order valence-corrected chi connectivity index (χ3v) is 2.83. The Hall–Kier alpha value is -0.900. The SMILES string of the molecule is Cc1ccc2n[nH]c(F)c2c1Br. The number of hydrogen-bond donors (Lipinski definition) is 1. The van der Waals surface area contributed by atoms with Gasteiger partial charge in [-0.3, -0.25) is 5.10 Å². The van der Waals surface area contributed by atoms with E-state index in [-0.39, 0.29) is 5.95 Å². The van der Waals surface area contributed by atoms with Crippen molar-refractivity contribution in [2.45, 2.75) is 6.92 Å². The highest BCUT2D eigenvalue weighted by Gasteiger charge is 2.09. The van der Waals surface area contributed by atoms with E-state index in [2.05, 4.69) is 26.1 Å². The highest BCUT2D eigenvalue weighted by Crippen LogP contribution is 2.27. The molecule has 0 fully saturated rings. The first-order valence-electron chi connectivity index (χ1n) is 3.49. The average Bonchev–Trinajstić information content (AvgIpc) is 2.41. The first-order valence-corrected chi connectivity index (χ1v) is 4.28. The van der Waals surface area contributed by atoms with Crippen LogP contribution in [0.2, 0.25) is 0 Å². The molecule has 0 aliphatic heterocycles. The number of rotatable bonds is 0. The number of fused-ring (bicyclic) bond motifs is 1. The number of H-pyrrole nitrogens is 1. The summed E-state index contributed by atoms with van der Waals surface area (Å²) < 4.78 is 13.8. The van der Waals surface area contributed by atoms with E-state index < -0.39 is 0 Å². The second-order valence-electron chi connectivity index (χ2n) is 2.63. The molecule has 0 radical (unpaired) electrons. The molecule has 1 aromatic heterocycles. The van der Waals surface area contributed by atoms with Crippen molar-refractivity contribution in [3.8, 4) is 0 Å². The Morgan fingerprint density at radius 2 is 2.25 bits per heavy atom. The van der Waals surface area contributed by atoms with Crippen molar-refractivity contribution in [2.75, 3.05) is 0 Å². The van der Waals surface area contributed by atoms with Gasteiger partial charge in [-0.15, -0.1) is 0 Å². The molecule has 0 atom stereocenters. The van der Waals surface area contributed by atoms with E-state index in [1.165, 1.54) is 0 Å². The van der Waals surface area contributed by atoms with Crippen molar-refractivity contribution in [2.24, 2.45) is 0 Å². The molecular formula is C8H6BrFN2. The maximum absolute atomic E-state index is 13.0. The number of aromatic amines is 1. The Labute approximate surface area is 76.9 Å². The molecule has 0 saturated heterocycles. The van der Waals surface area contributed by atoms with E-state index in [1.807, 2.05) is 13.0 Å². The minimum atomic E-state index is -0.388. The predicted octanol–water partition coefficient (Wildman–Crippen LogP) is 2.77. The Morgan fingerprint density at radius 3 is 3.00 bits per heavy atom. The van der Waals surface area contributed by atoms with Gasteiger partial charge in [0.1, 0.15) is 0 Å². The molecule has 2 rings (SSSR count). The van der Waals surface area contributed by atoms with Gasteiger partial charge >= 0.3 is 0 Å². The Bertz CT molecular complexity index is 436. The zero-order chi connectivity index (χ0) is 8.72. The maximum Gasteiger partial charge on any atom is 0.217 e. The van der Waals surface area contributed by atoms with Crippen LogP contribution in [0.25, 0.3) is 10.9 Å². The molecular weight excluding hydrogens is 223 g/mol.